The summed E-state index contributed by atoms with van der Waals surface area (Å²) in [6.45, 7) is 9.24. The third-order valence-electron chi connectivity index (χ3n) is 5.73. The average molecular weight is 423 g/mol. The minimum Gasteiger partial charge on any atom is -0.348 e. The molecule has 1 aliphatic heterocycles. The first kappa shape index (κ1) is 20.7. The highest BCUT2D eigenvalue weighted by Gasteiger charge is 2.22. The molecule has 0 saturated carbocycles. The molecule has 1 aromatic heterocycles. The molecule has 5 nitrogen and oxygen atoms in total. The molecule has 2 heterocycles. The van der Waals surface area contributed by atoms with Crippen LogP contribution in [0.2, 0.25) is 0 Å². The van der Waals surface area contributed by atoms with Crippen molar-refractivity contribution in [3.8, 4) is 0 Å². The van der Waals surface area contributed by atoms with E-state index in [4.69, 9.17) is 4.98 Å². The van der Waals surface area contributed by atoms with E-state index < -0.39 is 0 Å². The first-order valence-electron chi connectivity index (χ1n) is 10.6. The summed E-state index contributed by atoms with van der Waals surface area (Å²) < 4.78 is 1.24. The Morgan fingerprint density at radius 1 is 1.10 bits per heavy atom. The first-order chi connectivity index (χ1) is 14.4. The summed E-state index contributed by atoms with van der Waals surface area (Å²) in [6, 6.07) is 16.3. The fraction of sp³-hybridized carbons (Fsp3) is 0.417. The summed E-state index contributed by atoms with van der Waals surface area (Å²) in [5.74, 6) is 0.504. The van der Waals surface area contributed by atoms with Crippen molar-refractivity contribution in [2.45, 2.75) is 39.0 Å². The van der Waals surface area contributed by atoms with Crippen molar-refractivity contribution in [3.63, 3.8) is 0 Å². The fourth-order valence-electron chi connectivity index (χ4n) is 3.79. The largest absolute Gasteiger partial charge is 0.348 e. The zero-order valence-corrected chi connectivity index (χ0v) is 18.8. The van der Waals surface area contributed by atoms with Gasteiger partial charge in [-0.2, -0.15) is 0 Å². The number of para-hydroxylation sites is 1. The van der Waals surface area contributed by atoms with Crippen molar-refractivity contribution < 1.29 is 4.79 Å². The van der Waals surface area contributed by atoms with Gasteiger partial charge in [-0.1, -0.05) is 56.4 Å². The van der Waals surface area contributed by atoms with E-state index in [1.807, 2.05) is 18.2 Å². The lowest BCUT2D eigenvalue weighted by molar-refractivity contribution is 0.248. The van der Waals surface area contributed by atoms with Gasteiger partial charge >= 0.3 is 6.03 Å². The van der Waals surface area contributed by atoms with Crippen molar-refractivity contribution >= 4 is 38.4 Å². The van der Waals surface area contributed by atoms with Crippen molar-refractivity contribution in [1.29, 1.82) is 0 Å². The molecule has 0 atom stereocenters. The number of benzene rings is 2. The second kappa shape index (κ2) is 8.64. The number of nitrogens with zero attached hydrogens (tertiary/aromatic N) is 2. The Balaban J connectivity index is 1.23. The molecule has 158 valence electrons. The van der Waals surface area contributed by atoms with Crippen molar-refractivity contribution in [3.05, 3.63) is 54.1 Å². The Morgan fingerprint density at radius 3 is 2.47 bits per heavy atom. The van der Waals surface area contributed by atoms with Gasteiger partial charge in [0.25, 0.3) is 0 Å². The number of piperidine rings is 1. The predicted octanol–water partition coefficient (Wildman–Crippen LogP) is 5.63. The second-order valence-electron chi connectivity index (χ2n) is 9.06. The minimum absolute atomic E-state index is 0.112. The van der Waals surface area contributed by atoms with Crippen LogP contribution in [0.1, 0.15) is 39.2 Å². The lowest BCUT2D eigenvalue weighted by Crippen LogP contribution is -2.39. The molecular weight excluding hydrogens is 392 g/mol. The molecule has 1 saturated heterocycles. The normalized spacial score (nSPS) is 15.4. The maximum Gasteiger partial charge on any atom is 0.319 e. The number of aromatic nitrogens is 1. The number of hydrogen-bond donors (Lipinski definition) is 2. The number of hydrogen-bond acceptors (Lipinski definition) is 4. The topological polar surface area (TPSA) is 57.3 Å². The molecule has 2 aromatic carbocycles. The first-order valence-corrected chi connectivity index (χ1v) is 11.5. The van der Waals surface area contributed by atoms with Crippen LogP contribution < -0.4 is 15.5 Å². The number of amides is 2. The molecule has 2 amide bonds. The van der Waals surface area contributed by atoms with Gasteiger partial charge in [0.1, 0.15) is 0 Å². The maximum atomic E-state index is 12.3. The third kappa shape index (κ3) is 4.93. The predicted molar refractivity (Wildman–Crippen MR) is 127 cm³/mol. The van der Waals surface area contributed by atoms with Crippen LogP contribution in [0.3, 0.4) is 0 Å². The molecule has 1 aliphatic rings. The lowest BCUT2D eigenvalue weighted by Gasteiger charge is -2.31. The quantitative estimate of drug-likeness (QED) is 0.573. The van der Waals surface area contributed by atoms with Crippen molar-refractivity contribution in [1.82, 2.24) is 10.3 Å². The molecule has 6 heteroatoms. The van der Waals surface area contributed by atoms with Gasteiger partial charge in [0, 0.05) is 25.3 Å². The van der Waals surface area contributed by atoms with E-state index in [0.717, 1.165) is 42.3 Å². The number of thiazole rings is 1. The van der Waals surface area contributed by atoms with E-state index >= 15 is 0 Å². The molecular formula is C24H30N4OS. The molecule has 0 aliphatic carbocycles. The van der Waals surface area contributed by atoms with E-state index in [1.54, 1.807) is 11.3 Å². The van der Waals surface area contributed by atoms with Gasteiger partial charge < -0.3 is 15.5 Å². The van der Waals surface area contributed by atoms with Gasteiger partial charge in [0.15, 0.2) is 5.13 Å². The lowest BCUT2D eigenvalue weighted by atomic mass is 9.87. The van der Waals surface area contributed by atoms with Gasteiger partial charge in [-0.05, 0) is 54.0 Å². The standard InChI is InChI=1S/C24H30N4OS/c1-24(2,3)18-8-10-19(11-9-18)26-22(29)25-16-17-12-14-28(15-13-17)23-27-20-6-4-5-7-21(20)30-23/h4-11,17H,12-16H2,1-3H3,(H2,25,26,29). The number of anilines is 2. The summed E-state index contributed by atoms with van der Waals surface area (Å²) in [4.78, 5) is 19.4. The fourth-order valence-corrected chi connectivity index (χ4v) is 4.81. The smallest absolute Gasteiger partial charge is 0.319 e. The highest BCUT2D eigenvalue weighted by atomic mass is 32.1. The summed E-state index contributed by atoms with van der Waals surface area (Å²) in [5, 5.41) is 7.09. The van der Waals surface area contributed by atoms with E-state index in [9.17, 15) is 4.79 Å². The SMILES string of the molecule is CC(C)(C)c1ccc(NC(=O)NCC2CCN(c3nc4ccccc4s3)CC2)cc1. The summed E-state index contributed by atoms with van der Waals surface area (Å²) in [5.41, 5.74) is 3.27. The monoisotopic (exact) mass is 422 g/mol. The van der Waals surface area contributed by atoms with E-state index in [1.165, 1.54) is 10.3 Å². The number of fused-ring (bicyclic) bond motifs is 1. The number of carbonyl (C=O) groups is 1. The van der Waals surface area contributed by atoms with Crippen LogP contribution in [0.5, 0.6) is 0 Å². The van der Waals surface area contributed by atoms with Crippen LogP contribution in [0, 0.1) is 5.92 Å². The molecule has 0 spiro atoms. The number of carbonyl (C=O) groups excluding carboxylic acids is 1. The molecule has 1 fully saturated rings. The van der Waals surface area contributed by atoms with Crippen LogP contribution >= 0.6 is 11.3 Å². The molecule has 0 bridgehead atoms. The molecule has 2 N–H and O–H groups in total. The molecule has 4 rings (SSSR count). The van der Waals surface area contributed by atoms with Crippen molar-refractivity contribution in [2.24, 2.45) is 5.92 Å². The number of nitrogens with one attached hydrogen (secondary N) is 2. The van der Waals surface area contributed by atoms with Crippen LogP contribution in [0.25, 0.3) is 10.2 Å². The molecule has 0 unspecified atom stereocenters. The van der Waals surface area contributed by atoms with Gasteiger partial charge in [-0.3, -0.25) is 0 Å². The average Bonchev–Trinajstić information content (AvgIpc) is 3.17. The highest BCUT2D eigenvalue weighted by Crippen LogP contribution is 2.31. The summed E-state index contributed by atoms with van der Waals surface area (Å²) in [6.07, 6.45) is 2.13. The van der Waals surface area contributed by atoms with Crippen molar-refractivity contribution in [2.75, 3.05) is 29.9 Å². The van der Waals surface area contributed by atoms with Crippen LogP contribution in [-0.4, -0.2) is 30.6 Å². The summed E-state index contributed by atoms with van der Waals surface area (Å²) in [7, 11) is 0. The van der Waals surface area contributed by atoms with Crippen LogP contribution in [0.15, 0.2) is 48.5 Å². The number of urea groups is 1. The minimum atomic E-state index is -0.132. The molecule has 3 aromatic rings. The van der Waals surface area contributed by atoms with Crippen LogP contribution in [0.4, 0.5) is 15.6 Å². The zero-order chi connectivity index (χ0) is 21.1. The van der Waals surface area contributed by atoms with Gasteiger partial charge in [-0.15, -0.1) is 0 Å². The number of rotatable bonds is 4. The van der Waals surface area contributed by atoms with E-state index in [2.05, 4.69) is 66.6 Å². The third-order valence-corrected chi connectivity index (χ3v) is 6.82. The van der Waals surface area contributed by atoms with Gasteiger partial charge in [0.05, 0.1) is 10.2 Å². The van der Waals surface area contributed by atoms with E-state index in [0.29, 0.717) is 12.5 Å². The summed E-state index contributed by atoms with van der Waals surface area (Å²) >= 11 is 1.76. The Bertz CT molecular complexity index is 965. The Morgan fingerprint density at radius 2 is 1.80 bits per heavy atom. The second-order valence-corrected chi connectivity index (χ2v) is 10.1. The van der Waals surface area contributed by atoms with Crippen LogP contribution in [-0.2, 0) is 5.41 Å². The van der Waals surface area contributed by atoms with Gasteiger partial charge in [0.2, 0.25) is 0 Å². The molecule has 0 radical (unpaired) electrons. The highest BCUT2D eigenvalue weighted by molar-refractivity contribution is 7.22. The van der Waals surface area contributed by atoms with Gasteiger partial charge in [-0.25, -0.2) is 9.78 Å². The maximum absolute atomic E-state index is 12.3. The molecule has 30 heavy (non-hydrogen) atoms. The van der Waals surface area contributed by atoms with E-state index in [-0.39, 0.29) is 11.4 Å². The zero-order valence-electron chi connectivity index (χ0n) is 17.9. The Hall–Kier alpha value is -2.60. The Labute approximate surface area is 182 Å². The Kier molecular flexibility index (Phi) is 5.95.